The van der Waals surface area contributed by atoms with Gasteiger partial charge in [0, 0.05) is 29.8 Å². The van der Waals surface area contributed by atoms with Gasteiger partial charge in [0.2, 0.25) is 5.91 Å². The topological polar surface area (TPSA) is 70.7 Å². The molecule has 0 radical (unpaired) electrons. The van der Waals surface area contributed by atoms with Crippen LogP contribution < -0.4 is 15.4 Å². The van der Waals surface area contributed by atoms with Crippen molar-refractivity contribution in [1.29, 1.82) is 0 Å². The standard InChI is InChI=1S/C29H39N3O3S/c1-20-13-16-32(17-14-20)26(33)23-9-11-24(12-10-23)30-28(36)31-27(34)29(4,5)15-6-18-35-25-19-21(2)7-8-22(25)3/h7-12,19-20H,6,13-18H2,1-5H3,(H2,30,31,34,36). The molecule has 1 heterocycles. The van der Waals surface area contributed by atoms with Crippen LogP contribution in [0.25, 0.3) is 0 Å². The van der Waals surface area contributed by atoms with Crippen LogP contribution in [0.5, 0.6) is 5.75 Å². The van der Waals surface area contributed by atoms with Gasteiger partial charge in [-0.05, 0) is 99.1 Å². The molecule has 36 heavy (non-hydrogen) atoms. The van der Waals surface area contributed by atoms with Crippen molar-refractivity contribution < 1.29 is 14.3 Å². The van der Waals surface area contributed by atoms with Crippen molar-refractivity contribution in [2.45, 2.75) is 60.3 Å². The fourth-order valence-corrected chi connectivity index (χ4v) is 4.41. The first-order chi connectivity index (χ1) is 17.0. The smallest absolute Gasteiger partial charge is 0.253 e. The van der Waals surface area contributed by atoms with Crippen molar-refractivity contribution in [1.82, 2.24) is 10.2 Å². The number of nitrogens with zero attached hydrogens (tertiary/aromatic N) is 1. The van der Waals surface area contributed by atoms with Crippen LogP contribution in [0.2, 0.25) is 0 Å². The van der Waals surface area contributed by atoms with Crippen LogP contribution in [0.15, 0.2) is 42.5 Å². The van der Waals surface area contributed by atoms with Gasteiger partial charge in [-0.3, -0.25) is 9.59 Å². The van der Waals surface area contributed by atoms with E-state index in [1.54, 1.807) is 12.1 Å². The van der Waals surface area contributed by atoms with Crippen molar-refractivity contribution in [3.63, 3.8) is 0 Å². The summed E-state index contributed by atoms with van der Waals surface area (Å²) in [6.07, 6.45) is 3.52. The van der Waals surface area contributed by atoms with Crippen LogP contribution in [0.3, 0.4) is 0 Å². The molecule has 6 nitrogen and oxygen atoms in total. The molecule has 0 bridgehead atoms. The molecule has 1 saturated heterocycles. The molecular formula is C29H39N3O3S. The Morgan fingerprint density at radius 1 is 1.08 bits per heavy atom. The first kappa shape index (κ1) is 27.7. The maximum atomic E-state index is 12.8. The molecule has 1 fully saturated rings. The first-order valence-corrected chi connectivity index (χ1v) is 13.2. The number of hydrogen-bond acceptors (Lipinski definition) is 4. The van der Waals surface area contributed by atoms with Crippen LogP contribution in [-0.4, -0.2) is 41.5 Å². The number of carbonyl (C=O) groups excluding carboxylic acids is 2. The van der Waals surface area contributed by atoms with E-state index in [4.69, 9.17) is 17.0 Å². The summed E-state index contributed by atoms with van der Waals surface area (Å²) in [5, 5.41) is 6.09. The molecule has 0 atom stereocenters. The lowest BCUT2D eigenvalue weighted by Gasteiger charge is -2.30. The number of thiocarbonyl (C=S) groups is 1. The Morgan fingerprint density at radius 2 is 1.75 bits per heavy atom. The number of hydrogen-bond donors (Lipinski definition) is 2. The quantitative estimate of drug-likeness (QED) is 0.344. The number of likely N-dealkylation sites (tertiary alicyclic amines) is 1. The fourth-order valence-electron chi connectivity index (χ4n) is 4.20. The van der Waals surface area contributed by atoms with E-state index >= 15 is 0 Å². The van der Waals surface area contributed by atoms with E-state index in [1.165, 1.54) is 0 Å². The molecule has 2 N–H and O–H groups in total. The number of aryl methyl sites for hydroxylation is 2. The van der Waals surface area contributed by atoms with Crippen molar-refractivity contribution in [3.8, 4) is 5.75 Å². The van der Waals surface area contributed by atoms with E-state index in [0.29, 0.717) is 24.5 Å². The second kappa shape index (κ2) is 12.3. The molecule has 1 aliphatic heterocycles. The molecule has 3 rings (SSSR count). The largest absolute Gasteiger partial charge is 0.493 e. The number of rotatable bonds is 8. The molecule has 1 aliphatic rings. The summed E-state index contributed by atoms with van der Waals surface area (Å²) < 4.78 is 5.93. The normalized spacial score (nSPS) is 14.3. The molecular weight excluding hydrogens is 470 g/mol. The molecule has 7 heteroatoms. The summed E-state index contributed by atoms with van der Waals surface area (Å²) in [5.41, 5.74) is 3.05. The van der Waals surface area contributed by atoms with Gasteiger partial charge in [0.1, 0.15) is 5.75 Å². The number of piperidine rings is 1. The maximum Gasteiger partial charge on any atom is 0.253 e. The average molecular weight is 510 g/mol. The predicted octanol–water partition coefficient (Wildman–Crippen LogP) is 5.87. The third-order valence-corrected chi connectivity index (χ3v) is 7.05. The van der Waals surface area contributed by atoms with Crippen LogP contribution in [0.4, 0.5) is 5.69 Å². The lowest BCUT2D eigenvalue weighted by atomic mass is 9.87. The second-order valence-corrected chi connectivity index (χ2v) is 11.0. The fraction of sp³-hybridized carbons (Fsp3) is 0.483. The molecule has 0 unspecified atom stereocenters. The molecule has 0 spiro atoms. The van der Waals surface area contributed by atoms with Crippen molar-refractivity contribution in [2.24, 2.45) is 11.3 Å². The Bertz CT molecular complexity index is 1070. The van der Waals surface area contributed by atoms with Gasteiger partial charge in [-0.15, -0.1) is 0 Å². The highest BCUT2D eigenvalue weighted by Gasteiger charge is 2.28. The SMILES string of the molecule is Cc1ccc(C)c(OCCCC(C)(C)C(=O)NC(=S)Nc2ccc(C(=O)N3CCC(C)CC3)cc2)c1. The Hall–Kier alpha value is -2.93. The lowest BCUT2D eigenvalue weighted by molar-refractivity contribution is -0.128. The van der Waals surface area contributed by atoms with E-state index < -0.39 is 5.41 Å². The highest BCUT2D eigenvalue weighted by molar-refractivity contribution is 7.80. The molecule has 0 saturated carbocycles. The Balaban J connectivity index is 1.43. The Labute approximate surface area is 220 Å². The number of ether oxygens (including phenoxy) is 1. The molecule has 0 aromatic heterocycles. The summed E-state index contributed by atoms with van der Waals surface area (Å²) in [5.74, 6) is 1.49. The Kier molecular flexibility index (Phi) is 9.49. The van der Waals surface area contributed by atoms with Crippen LogP contribution in [0, 0.1) is 25.2 Å². The van der Waals surface area contributed by atoms with E-state index in [0.717, 1.165) is 54.9 Å². The van der Waals surface area contributed by atoms with Crippen LogP contribution in [-0.2, 0) is 4.79 Å². The third-order valence-electron chi connectivity index (χ3n) is 6.85. The molecule has 2 aromatic carbocycles. The van der Waals surface area contributed by atoms with Gasteiger partial charge >= 0.3 is 0 Å². The number of carbonyl (C=O) groups is 2. The molecule has 2 aromatic rings. The van der Waals surface area contributed by atoms with Gasteiger partial charge in [-0.1, -0.05) is 32.9 Å². The van der Waals surface area contributed by atoms with Gasteiger partial charge in [0.15, 0.2) is 5.11 Å². The summed E-state index contributed by atoms with van der Waals surface area (Å²) in [7, 11) is 0. The van der Waals surface area contributed by atoms with Crippen molar-refractivity contribution >= 4 is 34.8 Å². The van der Waals surface area contributed by atoms with E-state index in [2.05, 4.69) is 29.7 Å². The molecule has 0 aliphatic carbocycles. The van der Waals surface area contributed by atoms with E-state index in [-0.39, 0.29) is 16.9 Å². The third kappa shape index (κ3) is 7.79. The summed E-state index contributed by atoms with van der Waals surface area (Å²) in [6, 6.07) is 13.4. The number of anilines is 1. The van der Waals surface area contributed by atoms with Gasteiger partial charge in [0.05, 0.1) is 6.61 Å². The van der Waals surface area contributed by atoms with Crippen LogP contribution in [0.1, 0.15) is 67.9 Å². The predicted molar refractivity (Wildman–Crippen MR) is 150 cm³/mol. The summed E-state index contributed by atoms with van der Waals surface area (Å²) in [6.45, 7) is 12.3. The van der Waals surface area contributed by atoms with Crippen molar-refractivity contribution in [3.05, 3.63) is 59.2 Å². The molecule has 2 amide bonds. The van der Waals surface area contributed by atoms with Crippen LogP contribution >= 0.6 is 12.2 Å². The van der Waals surface area contributed by atoms with E-state index in [1.807, 2.05) is 50.8 Å². The minimum absolute atomic E-state index is 0.0626. The highest BCUT2D eigenvalue weighted by Crippen LogP contribution is 2.24. The number of benzene rings is 2. The second-order valence-electron chi connectivity index (χ2n) is 10.6. The zero-order valence-corrected chi connectivity index (χ0v) is 23.0. The minimum Gasteiger partial charge on any atom is -0.493 e. The van der Waals surface area contributed by atoms with E-state index in [9.17, 15) is 9.59 Å². The minimum atomic E-state index is -0.598. The zero-order valence-electron chi connectivity index (χ0n) is 22.1. The van der Waals surface area contributed by atoms with Gasteiger partial charge in [-0.2, -0.15) is 0 Å². The number of nitrogens with one attached hydrogen (secondary N) is 2. The van der Waals surface area contributed by atoms with Gasteiger partial charge in [0.25, 0.3) is 5.91 Å². The average Bonchev–Trinajstić information content (AvgIpc) is 2.84. The number of amides is 2. The monoisotopic (exact) mass is 509 g/mol. The lowest BCUT2D eigenvalue weighted by Crippen LogP contribution is -2.42. The first-order valence-electron chi connectivity index (χ1n) is 12.8. The Morgan fingerprint density at radius 3 is 2.42 bits per heavy atom. The zero-order chi connectivity index (χ0) is 26.3. The van der Waals surface area contributed by atoms with Gasteiger partial charge < -0.3 is 20.3 Å². The van der Waals surface area contributed by atoms with Crippen molar-refractivity contribution in [2.75, 3.05) is 25.0 Å². The van der Waals surface area contributed by atoms with Gasteiger partial charge in [-0.25, -0.2) is 0 Å². The highest BCUT2D eigenvalue weighted by atomic mass is 32.1. The summed E-state index contributed by atoms with van der Waals surface area (Å²) in [4.78, 5) is 27.5. The summed E-state index contributed by atoms with van der Waals surface area (Å²) >= 11 is 5.36. The molecule has 194 valence electrons. The maximum absolute atomic E-state index is 12.8.